The second-order valence-corrected chi connectivity index (χ2v) is 8.06. The van der Waals surface area contributed by atoms with E-state index in [0.717, 1.165) is 25.0 Å². The normalized spacial score (nSPS) is 13.7. The molecule has 1 heterocycles. The number of ether oxygens (including phenoxy) is 2. The van der Waals surface area contributed by atoms with Crippen LogP contribution in [-0.2, 0) is 6.54 Å². The fraction of sp³-hybridized carbons (Fsp3) is 0.333. The van der Waals surface area contributed by atoms with E-state index in [1.807, 2.05) is 0 Å². The van der Waals surface area contributed by atoms with E-state index in [1.165, 1.54) is 6.07 Å². The fourth-order valence-electron chi connectivity index (χ4n) is 3.27. The predicted molar refractivity (Wildman–Crippen MR) is 124 cm³/mol. The Kier molecular flexibility index (Phi) is 8.11. The van der Waals surface area contributed by atoms with E-state index in [4.69, 9.17) is 19.6 Å². The van der Waals surface area contributed by atoms with Crippen molar-refractivity contribution in [3.05, 3.63) is 65.1 Å². The van der Waals surface area contributed by atoms with Gasteiger partial charge in [-0.05, 0) is 49.9 Å². The fourth-order valence-corrected chi connectivity index (χ4v) is 3.27. The quantitative estimate of drug-likeness (QED) is 0.444. The summed E-state index contributed by atoms with van der Waals surface area (Å²) in [4.78, 5) is 17.1. The van der Waals surface area contributed by atoms with Crippen LogP contribution in [0.5, 0.6) is 11.5 Å². The minimum Gasteiger partial charge on any atom is -0.493 e. The number of methoxy groups -OCH3 is 1. The van der Waals surface area contributed by atoms with E-state index in [-0.39, 0.29) is 41.9 Å². The average Bonchev–Trinajstić information content (AvgIpc) is 3.51. The van der Waals surface area contributed by atoms with E-state index in [2.05, 4.69) is 10.3 Å². The molecular weight excluding hydrogens is 468 g/mol. The molecule has 1 amide bonds. The van der Waals surface area contributed by atoms with Crippen LogP contribution < -0.4 is 20.5 Å². The van der Waals surface area contributed by atoms with Gasteiger partial charge in [0.05, 0.1) is 19.8 Å². The zero-order chi connectivity index (χ0) is 23.5. The summed E-state index contributed by atoms with van der Waals surface area (Å²) in [7, 11) is 1.56. The number of carbonyl (C=O) groups is 1. The lowest BCUT2D eigenvalue weighted by molar-refractivity contribution is 0.0943. The van der Waals surface area contributed by atoms with Crippen LogP contribution in [0.1, 0.15) is 47.6 Å². The lowest BCUT2D eigenvalue weighted by Gasteiger charge is -2.11. The van der Waals surface area contributed by atoms with Crippen LogP contribution in [0.3, 0.4) is 0 Å². The van der Waals surface area contributed by atoms with Gasteiger partial charge in [0.15, 0.2) is 23.0 Å². The third kappa shape index (κ3) is 5.84. The SMILES string of the molecule is COc1ccc(-c2nc(C(=O)NCc3ccc(F)cc3F)c([C@@H](C)N)o2)cc1OCC1CC1.Cl. The number of rotatable bonds is 9. The summed E-state index contributed by atoms with van der Waals surface area (Å²) >= 11 is 0. The number of halogens is 3. The lowest BCUT2D eigenvalue weighted by atomic mass is 10.2. The van der Waals surface area contributed by atoms with Crippen molar-refractivity contribution >= 4 is 18.3 Å². The van der Waals surface area contributed by atoms with Crippen molar-refractivity contribution < 1.29 is 27.5 Å². The molecule has 4 rings (SSSR count). The first-order valence-corrected chi connectivity index (χ1v) is 10.7. The Balaban J connectivity index is 0.00000324. The van der Waals surface area contributed by atoms with Gasteiger partial charge in [0, 0.05) is 23.7 Å². The summed E-state index contributed by atoms with van der Waals surface area (Å²) in [6.45, 7) is 2.12. The third-order valence-electron chi connectivity index (χ3n) is 5.32. The molecule has 7 nitrogen and oxygen atoms in total. The maximum absolute atomic E-state index is 13.9. The molecule has 1 aliphatic carbocycles. The number of aromatic nitrogens is 1. The molecule has 1 saturated carbocycles. The second-order valence-electron chi connectivity index (χ2n) is 8.06. The molecule has 0 aliphatic heterocycles. The molecule has 1 atom stereocenters. The highest BCUT2D eigenvalue weighted by Gasteiger charge is 2.25. The Morgan fingerprint density at radius 3 is 2.65 bits per heavy atom. The third-order valence-corrected chi connectivity index (χ3v) is 5.32. The number of carbonyl (C=O) groups excluding carboxylic acids is 1. The van der Waals surface area contributed by atoms with E-state index in [0.29, 0.717) is 29.6 Å². The van der Waals surface area contributed by atoms with Gasteiger partial charge in [-0.2, -0.15) is 0 Å². The molecule has 0 spiro atoms. The molecule has 1 fully saturated rings. The molecule has 182 valence electrons. The largest absolute Gasteiger partial charge is 0.493 e. The van der Waals surface area contributed by atoms with Gasteiger partial charge in [-0.1, -0.05) is 6.07 Å². The number of nitrogens with zero attached hydrogens (tertiary/aromatic N) is 1. The zero-order valence-electron chi connectivity index (χ0n) is 18.8. The van der Waals surface area contributed by atoms with Gasteiger partial charge in [-0.15, -0.1) is 12.4 Å². The van der Waals surface area contributed by atoms with Crippen molar-refractivity contribution in [3.63, 3.8) is 0 Å². The highest BCUT2D eigenvalue weighted by Crippen LogP contribution is 2.36. The van der Waals surface area contributed by atoms with Gasteiger partial charge in [-0.3, -0.25) is 4.79 Å². The molecule has 1 aliphatic rings. The van der Waals surface area contributed by atoms with Crippen molar-refractivity contribution in [3.8, 4) is 23.0 Å². The molecule has 2 aromatic carbocycles. The molecule has 34 heavy (non-hydrogen) atoms. The molecule has 0 bridgehead atoms. The minimum absolute atomic E-state index is 0. The van der Waals surface area contributed by atoms with Crippen LogP contribution in [0, 0.1) is 17.6 Å². The van der Waals surface area contributed by atoms with Crippen molar-refractivity contribution in [1.29, 1.82) is 0 Å². The van der Waals surface area contributed by atoms with Gasteiger partial charge >= 0.3 is 0 Å². The first kappa shape index (κ1) is 25.5. The summed E-state index contributed by atoms with van der Waals surface area (Å²) < 4.78 is 44.1. The Morgan fingerprint density at radius 1 is 1.24 bits per heavy atom. The second kappa shape index (κ2) is 10.8. The molecule has 1 aromatic heterocycles. The molecular formula is C24H26ClF2N3O4. The molecule has 0 radical (unpaired) electrons. The minimum atomic E-state index is -0.750. The van der Waals surface area contributed by atoms with Crippen LogP contribution in [-0.4, -0.2) is 24.6 Å². The van der Waals surface area contributed by atoms with Crippen molar-refractivity contribution in [1.82, 2.24) is 10.3 Å². The van der Waals surface area contributed by atoms with E-state index >= 15 is 0 Å². The van der Waals surface area contributed by atoms with Gasteiger partial charge in [0.25, 0.3) is 5.91 Å². The zero-order valence-corrected chi connectivity index (χ0v) is 19.6. The molecule has 0 saturated heterocycles. The highest BCUT2D eigenvalue weighted by molar-refractivity contribution is 5.94. The molecule has 3 N–H and O–H groups in total. The number of nitrogens with one attached hydrogen (secondary N) is 1. The first-order valence-electron chi connectivity index (χ1n) is 10.7. The highest BCUT2D eigenvalue weighted by atomic mass is 35.5. The van der Waals surface area contributed by atoms with Crippen molar-refractivity contribution in [2.24, 2.45) is 11.7 Å². The van der Waals surface area contributed by atoms with Crippen molar-refractivity contribution in [2.45, 2.75) is 32.4 Å². The van der Waals surface area contributed by atoms with Crippen LogP contribution in [0.4, 0.5) is 8.78 Å². The number of benzene rings is 2. The van der Waals surface area contributed by atoms with Gasteiger partial charge < -0.3 is 24.9 Å². The summed E-state index contributed by atoms with van der Waals surface area (Å²) in [6.07, 6.45) is 2.31. The maximum Gasteiger partial charge on any atom is 0.273 e. The van der Waals surface area contributed by atoms with Crippen LogP contribution in [0.2, 0.25) is 0 Å². The number of hydrogen-bond donors (Lipinski definition) is 2. The summed E-state index contributed by atoms with van der Waals surface area (Å²) in [5.41, 5.74) is 6.73. The monoisotopic (exact) mass is 493 g/mol. The summed E-state index contributed by atoms with van der Waals surface area (Å²) in [6, 6.07) is 7.77. The lowest BCUT2D eigenvalue weighted by Crippen LogP contribution is -2.25. The molecule has 3 aromatic rings. The van der Waals surface area contributed by atoms with Crippen LogP contribution in [0.25, 0.3) is 11.5 Å². The van der Waals surface area contributed by atoms with Gasteiger partial charge in [-0.25, -0.2) is 13.8 Å². The van der Waals surface area contributed by atoms with E-state index in [1.54, 1.807) is 32.2 Å². The number of oxazole rings is 1. The van der Waals surface area contributed by atoms with E-state index in [9.17, 15) is 13.6 Å². The Hall–Kier alpha value is -3.17. The van der Waals surface area contributed by atoms with Crippen LogP contribution in [0.15, 0.2) is 40.8 Å². The molecule has 10 heteroatoms. The smallest absolute Gasteiger partial charge is 0.273 e. The Bertz CT molecular complexity index is 1170. The first-order chi connectivity index (χ1) is 15.9. The van der Waals surface area contributed by atoms with Gasteiger partial charge in [0.1, 0.15) is 11.6 Å². The number of amides is 1. The Labute approximate surface area is 202 Å². The number of nitrogens with two attached hydrogens (primary N) is 1. The van der Waals surface area contributed by atoms with Crippen molar-refractivity contribution in [2.75, 3.05) is 13.7 Å². The topological polar surface area (TPSA) is 99.6 Å². The molecule has 0 unspecified atom stereocenters. The summed E-state index contributed by atoms with van der Waals surface area (Å²) in [5.74, 6) is 0.0600. The number of hydrogen-bond acceptors (Lipinski definition) is 6. The standard InChI is InChI=1S/C24H25F2N3O4.ClH/c1-13(27)22-21(23(30)28-11-16-5-7-17(25)10-18(16)26)29-24(33-22)15-6-8-19(31-2)20(9-15)32-12-14-3-4-14;/h5-10,13-14H,3-4,11-12,27H2,1-2H3,(H,28,30);1H/t13-;/m1./s1. The van der Waals surface area contributed by atoms with Gasteiger partial charge in [0.2, 0.25) is 5.89 Å². The average molecular weight is 494 g/mol. The predicted octanol–water partition coefficient (Wildman–Crippen LogP) is 4.79. The van der Waals surface area contributed by atoms with E-state index < -0.39 is 23.6 Å². The maximum atomic E-state index is 13.9. The van der Waals surface area contributed by atoms with Crippen LogP contribution >= 0.6 is 12.4 Å². The summed E-state index contributed by atoms with van der Waals surface area (Å²) in [5, 5.41) is 2.58. The Morgan fingerprint density at radius 2 is 2.00 bits per heavy atom.